The topological polar surface area (TPSA) is 118 Å². The molecule has 0 radical (unpaired) electrons. The third kappa shape index (κ3) is 3.09. The number of fused-ring (bicyclic) bond motifs is 1. The van der Waals surface area contributed by atoms with E-state index in [0.29, 0.717) is 22.4 Å². The van der Waals surface area contributed by atoms with Crippen LogP contribution >= 0.6 is 11.3 Å². The van der Waals surface area contributed by atoms with Gasteiger partial charge in [-0.25, -0.2) is 4.98 Å². The van der Waals surface area contributed by atoms with Gasteiger partial charge in [0.25, 0.3) is 5.91 Å². The smallest absolute Gasteiger partial charge is 0.274 e. The van der Waals surface area contributed by atoms with E-state index in [1.165, 1.54) is 17.5 Å². The fraction of sp³-hybridized carbons (Fsp3) is 0.0500. The van der Waals surface area contributed by atoms with Crippen LogP contribution in [0.5, 0.6) is 0 Å². The van der Waals surface area contributed by atoms with Gasteiger partial charge in [0.1, 0.15) is 23.5 Å². The monoisotopic (exact) mass is 384 g/mol. The highest BCUT2D eigenvalue weighted by Gasteiger charge is 2.15. The van der Waals surface area contributed by atoms with Gasteiger partial charge in [0.15, 0.2) is 0 Å². The highest BCUT2D eigenvalue weighted by Crippen LogP contribution is 2.32. The molecule has 0 fully saturated rings. The van der Waals surface area contributed by atoms with Gasteiger partial charge in [-0.15, -0.1) is 11.3 Å². The Balaban J connectivity index is 1.66. The largest absolute Gasteiger partial charge is 0.321 e. The summed E-state index contributed by atoms with van der Waals surface area (Å²) >= 11 is 1.44. The fourth-order valence-electron chi connectivity index (χ4n) is 2.86. The highest BCUT2D eigenvalue weighted by atomic mass is 32.1. The minimum atomic E-state index is -0.353. The number of H-pyrrole nitrogens is 1. The maximum absolute atomic E-state index is 12.6. The molecule has 0 saturated carbocycles. The molecule has 2 N–H and O–H groups in total. The van der Waals surface area contributed by atoms with Crippen molar-refractivity contribution < 1.29 is 4.79 Å². The summed E-state index contributed by atoms with van der Waals surface area (Å²) in [7, 11) is 0. The first-order valence-electron chi connectivity index (χ1n) is 8.24. The number of aryl methyl sites for hydroxylation is 1. The van der Waals surface area contributed by atoms with Crippen LogP contribution < -0.4 is 5.32 Å². The molecule has 1 amide bonds. The van der Waals surface area contributed by atoms with Gasteiger partial charge in [0.2, 0.25) is 0 Å². The molecule has 0 saturated heterocycles. The van der Waals surface area contributed by atoms with E-state index in [1.54, 1.807) is 30.5 Å². The van der Waals surface area contributed by atoms with Crippen LogP contribution in [-0.2, 0) is 0 Å². The Hall–Kier alpha value is -4.01. The Labute approximate surface area is 163 Å². The second-order valence-electron chi connectivity index (χ2n) is 6.10. The number of hydrogen-bond acceptors (Lipinski definition) is 6. The van der Waals surface area contributed by atoms with Crippen molar-refractivity contribution in [3.63, 3.8) is 0 Å². The summed E-state index contributed by atoms with van der Waals surface area (Å²) in [6.45, 7) is 1.74. The molecule has 4 rings (SSSR count). The van der Waals surface area contributed by atoms with Crippen LogP contribution in [0.4, 0.5) is 5.69 Å². The number of aromatic amines is 1. The fourth-order valence-corrected chi connectivity index (χ4v) is 3.70. The standard InChI is InChI=1S/C20H12N6OS/c1-11-4-12(7-21)9-23-18(11)20(27)24-14-2-3-16-15(6-14)19(26-25-16)17-5-13(8-22)10-28-17/h2-6,9-10H,1H3,(H,24,27)(H,25,26). The molecule has 134 valence electrons. The molecule has 0 bridgehead atoms. The van der Waals surface area contributed by atoms with Crippen molar-refractivity contribution in [3.05, 3.63) is 64.3 Å². The summed E-state index contributed by atoms with van der Waals surface area (Å²) < 4.78 is 0. The van der Waals surface area contributed by atoms with Crippen molar-refractivity contribution >= 4 is 33.8 Å². The van der Waals surface area contributed by atoms with Gasteiger partial charge in [-0.3, -0.25) is 9.89 Å². The first-order valence-corrected chi connectivity index (χ1v) is 9.12. The molecular weight excluding hydrogens is 372 g/mol. The Bertz CT molecular complexity index is 1300. The van der Waals surface area contributed by atoms with E-state index < -0.39 is 0 Å². The third-order valence-corrected chi connectivity index (χ3v) is 5.14. The molecule has 0 aliphatic heterocycles. The van der Waals surface area contributed by atoms with E-state index in [2.05, 4.69) is 26.6 Å². The first kappa shape index (κ1) is 17.4. The Kier molecular flexibility index (Phi) is 4.32. The zero-order valence-electron chi connectivity index (χ0n) is 14.6. The van der Waals surface area contributed by atoms with Gasteiger partial charge in [-0.2, -0.15) is 15.6 Å². The molecule has 0 aliphatic rings. The summed E-state index contributed by atoms with van der Waals surface area (Å²) in [6, 6.07) is 13.0. The van der Waals surface area contributed by atoms with E-state index in [4.69, 9.17) is 10.5 Å². The van der Waals surface area contributed by atoms with Gasteiger partial charge >= 0.3 is 0 Å². The summed E-state index contributed by atoms with van der Waals surface area (Å²) in [6.07, 6.45) is 1.38. The van der Waals surface area contributed by atoms with Crippen molar-refractivity contribution in [3.8, 4) is 22.7 Å². The van der Waals surface area contributed by atoms with Crippen LogP contribution in [0.15, 0.2) is 41.9 Å². The molecule has 4 aromatic rings. The number of thiophene rings is 1. The van der Waals surface area contributed by atoms with Gasteiger partial charge < -0.3 is 5.32 Å². The SMILES string of the molecule is Cc1cc(C#N)cnc1C(=O)Nc1ccc2[nH]nc(-c3cc(C#N)cs3)c2c1. The van der Waals surface area contributed by atoms with Crippen LogP contribution in [0.25, 0.3) is 21.5 Å². The number of carbonyl (C=O) groups is 1. The van der Waals surface area contributed by atoms with E-state index in [9.17, 15) is 4.79 Å². The minimum absolute atomic E-state index is 0.267. The number of amides is 1. The number of nitriles is 2. The lowest BCUT2D eigenvalue weighted by molar-refractivity contribution is 0.102. The second-order valence-corrected chi connectivity index (χ2v) is 7.01. The summed E-state index contributed by atoms with van der Waals surface area (Å²) in [5.41, 5.74) is 4.04. The van der Waals surface area contributed by atoms with E-state index in [-0.39, 0.29) is 11.6 Å². The van der Waals surface area contributed by atoms with Gasteiger partial charge in [0.05, 0.1) is 21.5 Å². The molecule has 8 heteroatoms. The number of rotatable bonds is 3. The van der Waals surface area contributed by atoms with Crippen molar-refractivity contribution in [2.24, 2.45) is 0 Å². The van der Waals surface area contributed by atoms with Gasteiger partial charge in [-0.1, -0.05) is 0 Å². The molecule has 28 heavy (non-hydrogen) atoms. The maximum atomic E-state index is 12.6. The predicted octanol–water partition coefficient (Wildman–Crippen LogP) is 3.99. The van der Waals surface area contributed by atoms with Crippen molar-refractivity contribution in [2.45, 2.75) is 6.92 Å². The van der Waals surface area contributed by atoms with E-state index in [0.717, 1.165) is 21.5 Å². The van der Waals surface area contributed by atoms with Crippen LogP contribution in [0.1, 0.15) is 27.2 Å². The van der Waals surface area contributed by atoms with Gasteiger partial charge in [0, 0.05) is 22.7 Å². The van der Waals surface area contributed by atoms with Crippen molar-refractivity contribution in [1.82, 2.24) is 15.2 Å². The number of anilines is 1. The molecule has 0 spiro atoms. The summed E-state index contributed by atoms with van der Waals surface area (Å²) in [5.74, 6) is -0.353. The molecule has 0 atom stereocenters. The number of carbonyl (C=O) groups excluding carboxylic acids is 1. The number of hydrogen-bond donors (Lipinski definition) is 2. The first-order chi connectivity index (χ1) is 13.6. The average Bonchev–Trinajstić information content (AvgIpc) is 3.33. The molecule has 0 aliphatic carbocycles. The minimum Gasteiger partial charge on any atom is -0.321 e. The number of benzene rings is 1. The predicted molar refractivity (Wildman–Crippen MR) is 106 cm³/mol. The molecule has 0 unspecified atom stereocenters. The average molecular weight is 384 g/mol. The van der Waals surface area contributed by atoms with Crippen LogP contribution in [0, 0.1) is 29.6 Å². The normalized spacial score (nSPS) is 10.4. The summed E-state index contributed by atoms with van der Waals surface area (Å²) in [5, 5.41) is 30.7. The Morgan fingerprint density at radius 1 is 1.18 bits per heavy atom. The summed E-state index contributed by atoms with van der Waals surface area (Å²) in [4.78, 5) is 17.6. The Morgan fingerprint density at radius 2 is 2.00 bits per heavy atom. The van der Waals surface area contributed by atoms with Crippen LogP contribution in [-0.4, -0.2) is 21.1 Å². The second kappa shape index (κ2) is 6.95. The molecule has 7 nitrogen and oxygen atoms in total. The molecule has 3 aromatic heterocycles. The van der Waals surface area contributed by atoms with Crippen molar-refractivity contribution in [2.75, 3.05) is 5.32 Å². The third-order valence-electron chi connectivity index (χ3n) is 4.21. The van der Waals surface area contributed by atoms with Crippen LogP contribution in [0.2, 0.25) is 0 Å². The lowest BCUT2D eigenvalue weighted by Crippen LogP contribution is -2.15. The lowest BCUT2D eigenvalue weighted by Gasteiger charge is -2.07. The van der Waals surface area contributed by atoms with E-state index >= 15 is 0 Å². The zero-order valence-corrected chi connectivity index (χ0v) is 15.5. The molecule has 3 heterocycles. The maximum Gasteiger partial charge on any atom is 0.274 e. The van der Waals surface area contributed by atoms with Crippen LogP contribution in [0.3, 0.4) is 0 Å². The lowest BCUT2D eigenvalue weighted by atomic mass is 10.1. The molecular formula is C20H12N6OS. The number of nitrogens with one attached hydrogen (secondary N) is 2. The number of pyridine rings is 1. The number of aromatic nitrogens is 3. The number of nitrogens with zero attached hydrogens (tertiary/aromatic N) is 4. The Morgan fingerprint density at radius 3 is 2.71 bits per heavy atom. The zero-order chi connectivity index (χ0) is 19.7. The highest BCUT2D eigenvalue weighted by molar-refractivity contribution is 7.13. The van der Waals surface area contributed by atoms with Gasteiger partial charge in [-0.05, 0) is 42.8 Å². The molecule has 1 aromatic carbocycles. The quantitative estimate of drug-likeness (QED) is 0.553. The van der Waals surface area contributed by atoms with Crippen molar-refractivity contribution in [1.29, 1.82) is 10.5 Å². The van der Waals surface area contributed by atoms with E-state index in [1.807, 2.05) is 18.2 Å².